The van der Waals surface area contributed by atoms with E-state index in [-0.39, 0.29) is 17.9 Å². The lowest BCUT2D eigenvalue weighted by atomic mass is 9.95. The molecule has 2 aliphatic rings. The molecule has 2 saturated carbocycles. The van der Waals surface area contributed by atoms with Crippen molar-refractivity contribution in [1.29, 1.82) is 0 Å². The van der Waals surface area contributed by atoms with E-state index < -0.39 is 0 Å². The Bertz CT molecular complexity index is 855. The number of fused-ring (bicyclic) bond motifs is 2. The molecule has 2 aromatic rings. The van der Waals surface area contributed by atoms with Crippen LogP contribution in [0.3, 0.4) is 0 Å². The molecule has 4 nitrogen and oxygen atoms in total. The Kier molecular flexibility index (Phi) is 5.12. The molecule has 1 aromatic heterocycles. The van der Waals surface area contributed by atoms with Crippen LogP contribution in [0.25, 0.3) is 6.08 Å². The zero-order valence-electron chi connectivity index (χ0n) is 15.4. The number of carbonyl (C=O) groups is 2. The molecule has 0 unspecified atom stereocenters. The summed E-state index contributed by atoms with van der Waals surface area (Å²) in [4.78, 5) is 26.5. The number of amides is 2. The molecule has 4 rings (SSSR count). The van der Waals surface area contributed by atoms with Crippen molar-refractivity contribution in [2.24, 2.45) is 11.8 Å². The van der Waals surface area contributed by atoms with Gasteiger partial charge in [-0.05, 0) is 67.7 Å². The van der Waals surface area contributed by atoms with E-state index in [9.17, 15) is 9.59 Å². The van der Waals surface area contributed by atoms with Gasteiger partial charge in [0.25, 0.3) is 11.8 Å². The second-order valence-electron chi connectivity index (χ2n) is 7.65. The predicted octanol–water partition coefficient (Wildman–Crippen LogP) is 4.13. The first-order valence-electron chi connectivity index (χ1n) is 9.52. The zero-order valence-corrected chi connectivity index (χ0v) is 16.2. The Morgan fingerprint density at radius 1 is 1.11 bits per heavy atom. The van der Waals surface area contributed by atoms with Gasteiger partial charge in [-0.3, -0.25) is 9.59 Å². The summed E-state index contributed by atoms with van der Waals surface area (Å²) in [5.41, 5.74) is 1.95. The van der Waals surface area contributed by atoms with Crippen LogP contribution in [-0.2, 0) is 4.79 Å². The summed E-state index contributed by atoms with van der Waals surface area (Å²) in [6, 6.07) is 11.5. The van der Waals surface area contributed by atoms with Crippen LogP contribution in [0.4, 0.5) is 0 Å². The van der Waals surface area contributed by atoms with Gasteiger partial charge in [0.2, 0.25) is 0 Å². The Morgan fingerprint density at radius 3 is 2.56 bits per heavy atom. The molecule has 27 heavy (non-hydrogen) atoms. The highest BCUT2D eigenvalue weighted by Gasteiger charge is 2.40. The minimum atomic E-state index is -0.263. The normalized spacial score (nSPS) is 24.0. The average molecular weight is 381 g/mol. The van der Waals surface area contributed by atoms with E-state index in [1.807, 2.05) is 36.6 Å². The summed E-state index contributed by atoms with van der Waals surface area (Å²) in [6.07, 6.45) is 6.55. The van der Waals surface area contributed by atoms with E-state index in [0.29, 0.717) is 17.2 Å². The van der Waals surface area contributed by atoms with Crippen LogP contribution in [-0.4, -0.2) is 17.9 Å². The number of aryl methyl sites for hydroxylation is 1. The maximum absolute atomic E-state index is 12.9. The second kappa shape index (κ2) is 7.69. The zero-order chi connectivity index (χ0) is 18.8. The third kappa shape index (κ3) is 4.14. The highest BCUT2D eigenvalue weighted by Crippen LogP contribution is 2.44. The fourth-order valence-electron chi connectivity index (χ4n) is 4.24. The summed E-state index contributed by atoms with van der Waals surface area (Å²) in [5, 5.41) is 7.95. The minimum Gasteiger partial charge on any atom is -0.348 e. The molecule has 5 heteroatoms. The van der Waals surface area contributed by atoms with Gasteiger partial charge in [0.05, 0.1) is 0 Å². The summed E-state index contributed by atoms with van der Waals surface area (Å²) in [7, 11) is 0. The lowest BCUT2D eigenvalue weighted by molar-refractivity contribution is -0.118. The van der Waals surface area contributed by atoms with E-state index in [1.165, 1.54) is 19.3 Å². The van der Waals surface area contributed by atoms with Crippen molar-refractivity contribution in [3.05, 3.63) is 63.5 Å². The van der Waals surface area contributed by atoms with Gasteiger partial charge in [0.15, 0.2) is 0 Å². The molecule has 0 saturated heterocycles. The quantitative estimate of drug-likeness (QED) is 0.766. The minimum absolute atomic E-state index is 0.193. The SMILES string of the molecule is Cc1ccc(C(=O)N/C(=C\c2cccs2)C(=O)N[C@@H]2C[C@H]3CC[C@@H]2C3)cc1. The Balaban J connectivity index is 1.51. The first-order chi connectivity index (χ1) is 13.1. The number of hydrogen-bond donors (Lipinski definition) is 2. The summed E-state index contributed by atoms with van der Waals surface area (Å²) >= 11 is 1.54. The molecule has 2 N–H and O–H groups in total. The molecule has 0 spiro atoms. The summed E-state index contributed by atoms with van der Waals surface area (Å²) in [5.74, 6) is 0.893. The third-order valence-electron chi connectivity index (χ3n) is 5.69. The Hall–Kier alpha value is -2.40. The van der Waals surface area contributed by atoms with Gasteiger partial charge in [0.1, 0.15) is 5.70 Å². The first kappa shape index (κ1) is 18.0. The number of hydrogen-bond acceptors (Lipinski definition) is 3. The van der Waals surface area contributed by atoms with Crippen molar-refractivity contribution < 1.29 is 9.59 Å². The van der Waals surface area contributed by atoms with Gasteiger partial charge in [-0.2, -0.15) is 0 Å². The molecular weight excluding hydrogens is 356 g/mol. The van der Waals surface area contributed by atoms with E-state index in [4.69, 9.17) is 0 Å². The van der Waals surface area contributed by atoms with Crippen LogP contribution in [0.1, 0.15) is 46.5 Å². The molecular formula is C22H24N2O2S. The van der Waals surface area contributed by atoms with Gasteiger partial charge in [-0.1, -0.05) is 30.2 Å². The largest absolute Gasteiger partial charge is 0.348 e. The predicted molar refractivity (Wildman–Crippen MR) is 108 cm³/mol. The third-order valence-corrected chi connectivity index (χ3v) is 6.51. The van der Waals surface area contributed by atoms with Crippen molar-refractivity contribution in [3.63, 3.8) is 0 Å². The monoisotopic (exact) mass is 380 g/mol. The van der Waals surface area contributed by atoms with Crippen LogP contribution in [0, 0.1) is 18.8 Å². The highest BCUT2D eigenvalue weighted by molar-refractivity contribution is 7.10. The maximum Gasteiger partial charge on any atom is 0.268 e. The van der Waals surface area contributed by atoms with Crippen molar-refractivity contribution in [1.82, 2.24) is 10.6 Å². The molecule has 3 atom stereocenters. The van der Waals surface area contributed by atoms with Crippen LogP contribution in [0.5, 0.6) is 0 Å². The fourth-order valence-corrected chi connectivity index (χ4v) is 4.90. The number of rotatable bonds is 5. The second-order valence-corrected chi connectivity index (χ2v) is 8.63. The molecule has 1 aromatic carbocycles. The van der Waals surface area contributed by atoms with Crippen molar-refractivity contribution in [3.8, 4) is 0 Å². The smallest absolute Gasteiger partial charge is 0.268 e. The molecule has 2 aliphatic carbocycles. The van der Waals surface area contributed by atoms with E-state index >= 15 is 0 Å². The molecule has 2 fully saturated rings. The van der Waals surface area contributed by atoms with Crippen LogP contribution >= 0.6 is 11.3 Å². The summed E-state index contributed by atoms with van der Waals surface area (Å²) < 4.78 is 0. The Labute approximate surface area is 163 Å². The average Bonchev–Trinajstić information content (AvgIpc) is 3.40. The summed E-state index contributed by atoms with van der Waals surface area (Å²) in [6.45, 7) is 1.98. The molecule has 2 bridgehead atoms. The molecule has 0 aliphatic heterocycles. The standard InChI is InChI=1S/C22H24N2O2S/c1-14-4-7-16(8-5-14)21(25)24-20(13-18-3-2-10-27-18)22(26)23-19-12-15-6-9-17(19)11-15/h2-5,7-8,10,13,15,17,19H,6,9,11-12H2,1H3,(H,23,26)(H,24,25)/b20-13-/t15-,17+,19+/m0/s1. The molecule has 0 radical (unpaired) electrons. The number of benzene rings is 1. The Morgan fingerprint density at radius 2 is 1.93 bits per heavy atom. The molecule has 140 valence electrons. The van der Waals surface area contributed by atoms with Crippen LogP contribution in [0.15, 0.2) is 47.5 Å². The fraction of sp³-hybridized carbons (Fsp3) is 0.364. The first-order valence-corrected chi connectivity index (χ1v) is 10.4. The lowest BCUT2D eigenvalue weighted by Crippen LogP contribution is -2.42. The van der Waals surface area contributed by atoms with E-state index in [0.717, 1.165) is 22.8 Å². The van der Waals surface area contributed by atoms with Crippen molar-refractivity contribution in [2.45, 2.75) is 38.6 Å². The molecule has 2 amide bonds. The molecule has 1 heterocycles. The van der Waals surface area contributed by atoms with Gasteiger partial charge >= 0.3 is 0 Å². The van der Waals surface area contributed by atoms with E-state index in [2.05, 4.69) is 10.6 Å². The van der Waals surface area contributed by atoms with E-state index in [1.54, 1.807) is 29.5 Å². The number of nitrogens with one attached hydrogen (secondary N) is 2. The van der Waals surface area contributed by atoms with Crippen LogP contribution < -0.4 is 10.6 Å². The lowest BCUT2D eigenvalue weighted by Gasteiger charge is -2.23. The van der Waals surface area contributed by atoms with Gasteiger partial charge in [-0.15, -0.1) is 11.3 Å². The topological polar surface area (TPSA) is 58.2 Å². The van der Waals surface area contributed by atoms with Gasteiger partial charge in [-0.25, -0.2) is 0 Å². The number of thiophene rings is 1. The van der Waals surface area contributed by atoms with Gasteiger partial charge < -0.3 is 10.6 Å². The van der Waals surface area contributed by atoms with Gasteiger partial charge in [0, 0.05) is 16.5 Å². The highest BCUT2D eigenvalue weighted by atomic mass is 32.1. The maximum atomic E-state index is 12.9. The van der Waals surface area contributed by atoms with Crippen molar-refractivity contribution >= 4 is 29.2 Å². The number of carbonyl (C=O) groups excluding carboxylic acids is 2. The van der Waals surface area contributed by atoms with Crippen LogP contribution in [0.2, 0.25) is 0 Å². The van der Waals surface area contributed by atoms with Crippen molar-refractivity contribution in [2.75, 3.05) is 0 Å².